The van der Waals surface area contributed by atoms with Crippen molar-refractivity contribution in [3.8, 4) is 0 Å². The molecule has 0 spiro atoms. The average molecular weight is 504 g/mol. The standard InChI is InChI=1S/C27H41N3O4S/c1-16-8-7-9-17(2)25(33)19(4)26(34)27(5,6)22(31)13-23(32)30-21(11-10-16)18(3)12-20-15-35-24(14-28)29-20/h7-8,10,12,15,17,19,21-22,25,31,33H,9,11,13-14,28H2,1-6H3,(H,30,32)/b8-7+,16-10-,18-12+/t17-,19+,21-,22-,25-/m0/s1. The number of Topliss-reactive ketones (excluding diaryl/α,β-unsaturated/α-hetero) is 1. The van der Waals surface area contributed by atoms with Crippen LogP contribution in [0.25, 0.3) is 6.08 Å². The van der Waals surface area contributed by atoms with Crippen molar-refractivity contribution in [2.24, 2.45) is 23.0 Å². The number of amides is 1. The summed E-state index contributed by atoms with van der Waals surface area (Å²) in [5.74, 6) is -1.38. The fraction of sp³-hybridized carbons (Fsp3) is 0.593. The molecule has 0 radical (unpaired) electrons. The molecular formula is C27H41N3O4S. The quantitative estimate of drug-likeness (QED) is 0.498. The zero-order valence-electron chi connectivity index (χ0n) is 21.7. The Morgan fingerprint density at radius 2 is 1.97 bits per heavy atom. The Hall–Kier alpha value is -2.13. The molecule has 0 fully saturated rings. The summed E-state index contributed by atoms with van der Waals surface area (Å²) in [5.41, 5.74) is 7.26. The highest BCUT2D eigenvalue weighted by molar-refractivity contribution is 7.09. The number of hydrogen-bond donors (Lipinski definition) is 4. The average Bonchev–Trinajstić information content (AvgIpc) is 3.26. The lowest BCUT2D eigenvalue weighted by atomic mass is 9.73. The molecule has 1 aliphatic heterocycles. The molecule has 5 atom stereocenters. The number of ketones is 1. The molecule has 0 bridgehead atoms. The predicted octanol–water partition coefficient (Wildman–Crippen LogP) is 3.77. The van der Waals surface area contributed by atoms with Crippen LogP contribution in [0, 0.1) is 17.3 Å². The maximum Gasteiger partial charge on any atom is 0.223 e. The van der Waals surface area contributed by atoms with Crippen molar-refractivity contribution < 1.29 is 19.8 Å². The number of carbonyl (C=O) groups is 2. The second kappa shape index (κ2) is 12.7. The highest BCUT2D eigenvalue weighted by Crippen LogP contribution is 2.31. The van der Waals surface area contributed by atoms with Crippen LogP contribution in [-0.4, -0.2) is 45.1 Å². The number of thiazole rings is 1. The van der Waals surface area contributed by atoms with E-state index in [2.05, 4.69) is 16.4 Å². The van der Waals surface area contributed by atoms with Crippen LogP contribution in [0.5, 0.6) is 0 Å². The molecule has 2 rings (SSSR count). The number of hydrogen-bond acceptors (Lipinski definition) is 7. The summed E-state index contributed by atoms with van der Waals surface area (Å²) in [7, 11) is 0. The van der Waals surface area contributed by atoms with E-state index in [1.165, 1.54) is 11.3 Å². The van der Waals surface area contributed by atoms with Gasteiger partial charge in [0.2, 0.25) is 5.91 Å². The van der Waals surface area contributed by atoms with E-state index in [-0.39, 0.29) is 30.1 Å². The Bertz CT molecular complexity index is 979. The van der Waals surface area contributed by atoms with Gasteiger partial charge in [0.1, 0.15) is 10.8 Å². The summed E-state index contributed by atoms with van der Waals surface area (Å²) in [4.78, 5) is 30.6. The Morgan fingerprint density at radius 3 is 2.60 bits per heavy atom. The molecule has 0 aromatic carbocycles. The van der Waals surface area contributed by atoms with E-state index in [9.17, 15) is 19.8 Å². The minimum atomic E-state index is -1.18. The monoisotopic (exact) mass is 503 g/mol. The number of nitrogens with zero attached hydrogens (tertiary/aromatic N) is 1. The Labute approximate surface area is 213 Å². The summed E-state index contributed by atoms with van der Waals surface area (Å²) in [6.45, 7) is 11.2. The zero-order valence-corrected chi connectivity index (χ0v) is 22.6. The van der Waals surface area contributed by atoms with Crippen molar-refractivity contribution >= 4 is 29.1 Å². The van der Waals surface area contributed by atoms with E-state index >= 15 is 0 Å². The van der Waals surface area contributed by atoms with Crippen LogP contribution in [0.2, 0.25) is 0 Å². The van der Waals surface area contributed by atoms with Gasteiger partial charge in [0, 0.05) is 17.8 Å². The van der Waals surface area contributed by atoms with Gasteiger partial charge < -0.3 is 21.3 Å². The second-order valence-electron chi connectivity index (χ2n) is 10.3. The van der Waals surface area contributed by atoms with Gasteiger partial charge in [-0.15, -0.1) is 11.3 Å². The van der Waals surface area contributed by atoms with Crippen molar-refractivity contribution in [2.45, 2.75) is 85.6 Å². The number of nitrogens with two attached hydrogens (primary N) is 1. The zero-order chi connectivity index (χ0) is 26.3. The molecule has 1 aromatic heterocycles. The minimum absolute atomic E-state index is 0.128. The highest BCUT2D eigenvalue weighted by atomic mass is 32.1. The molecule has 194 valence electrons. The van der Waals surface area contributed by atoms with Gasteiger partial charge in [-0.05, 0) is 44.3 Å². The van der Waals surface area contributed by atoms with Gasteiger partial charge in [0.25, 0.3) is 0 Å². The molecule has 7 nitrogen and oxygen atoms in total. The van der Waals surface area contributed by atoms with E-state index in [4.69, 9.17) is 5.73 Å². The van der Waals surface area contributed by atoms with Crippen molar-refractivity contribution in [3.63, 3.8) is 0 Å². The normalized spacial score (nSPS) is 32.0. The smallest absolute Gasteiger partial charge is 0.223 e. The number of rotatable bonds is 3. The molecule has 0 aliphatic carbocycles. The molecule has 1 aromatic rings. The van der Waals surface area contributed by atoms with Crippen LogP contribution in [0.4, 0.5) is 0 Å². The van der Waals surface area contributed by atoms with E-state index in [0.29, 0.717) is 19.4 Å². The summed E-state index contributed by atoms with van der Waals surface area (Å²) >= 11 is 1.49. The van der Waals surface area contributed by atoms with Gasteiger partial charge in [-0.2, -0.15) is 0 Å². The summed E-state index contributed by atoms with van der Waals surface area (Å²) in [6.07, 6.45) is 6.96. The minimum Gasteiger partial charge on any atom is -0.392 e. The van der Waals surface area contributed by atoms with Gasteiger partial charge in [-0.3, -0.25) is 9.59 Å². The Balaban J connectivity index is 2.37. The van der Waals surface area contributed by atoms with E-state index < -0.39 is 23.5 Å². The number of nitrogens with one attached hydrogen (secondary N) is 1. The molecule has 35 heavy (non-hydrogen) atoms. The first kappa shape index (κ1) is 29.1. The third-order valence-corrected chi connectivity index (χ3v) is 7.81. The van der Waals surface area contributed by atoms with E-state index in [1.807, 2.05) is 44.4 Å². The van der Waals surface area contributed by atoms with Crippen LogP contribution < -0.4 is 11.1 Å². The fourth-order valence-corrected chi connectivity index (χ4v) is 4.87. The lowest BCUT2D eigenvalue weighted by Gasteiger charge is -2.34. The summed E-state index contributed by atoms with van der Waals surface area (Å²) in [6, 6.07) is -0.299. The molecule has 8 heteroatoms. The lowest BCUT2D eigenvalue weighted by Crippen LogP contribution is -2.47. The highest BCUT2D eigenvalue weighted by Gasteiger charge is 2.42. The van der Waals surface area contributed by atoms with Gasteiger partial charge >= 0.3 is 0 Å². The lowest BCUT2D eigenvalue weighted by molar-refractivity contribution is -0.143. The first-order valence-electron chi connectivity index (χ1n) is 12.2. The first-order valence-corrected chi connectivity index (χ1v) is 13.1. The number of carbonyl (C=O) groups excluding carboxylic acids is 2. The first-order chi connectivity index (χ1) is 16.4. The number of aliphatic hydroxyl groups is 2. The summed E-state index contributed by atoms with van der Waals surface area (Å²) < 4.78 is 0. The van der Waals surface area contributed by atoms with Crippen LogP contribution >= 0.6 is 11.3 Å². The molecule has 5 N–H and O–H groups in total. The van der Waals surface area contributed by atoms with Gasteiger partial charge in [0.15, 0.2) is 0 Å². The molecule has 0 saturated carbocycles. The summed E-state index contributed by atoms with van der Waals surface area (Å²) in [5, 5.41) is 27.4. The predicted molar refractivity (Wildman–Crippen MR) is 141 cm³/mol. The number of aliphatic hydroxyl groups excluding tert-OH is 2. The molecule has 2 heterocycles. The SMILES string of the molecule is CC1=C/C[C@@H](/C(C)=C/c2csc(CN)n2)NC(=O)C[C@H](O)C(C)(C)C(=O)[C@H](C)[C@@H](O)[C@@H](C)C\C=C\1. The van der Waals surface area contributed by atoms with Crippen molar-refractivity contribution in [3.05, 3.63) is 45.5 Å². The van der Waals surface area contributed by atoms with Crippen molar-refractivity contribution in [1.29, 1.82) is 0 Å². The maximum atomic E-state index is 13.2. The second-order valence-corrected chi connectivity index (χ2v) is 11.2. The largest absolute Gasteiger partial charge is 0.392 e. The topological polar surface area (TPSA) is 126 Å². The number of allylic oxidation sites excluding steroid dienone is 3. The van der Waals surface area contributed by atoms with Crippen molar-refractivity contribution in [1.82, 2.24) is 10.3 Å². The van der Waals surface area contributed by atoms with Gasteiger partial charge in [-0.25, -0.2) is 4.98 Å². The number of aromatic nitrogens is 1. The van der Waals surface area contributed by atoms with E-state index in [1.54, 1.807) is 20.8 Å². The van der Waals surface area contributed by atoms with Crippen LogP contribution in [0.1, 0.15) is 71.5 Å². The van der Waals surface area contributed by atoms with E-state index in [0.717, 1.165) is 21.8 Å². The molecular weight excluding hydrogens is 462 g/mol. The fourth-order valence-electron chi connectivity index (χ4n) is 4.24. The third-order valence-electron chi connectivity index (χ3n) is 6.92. The molecule has 0 unspecified atom stereocenters. The third kappa shape index (κ3) is 7.93. The Morgan fingerprint density at radius 1 is 1.29 bits per heavy atom. The molecule has 1 amide bonds. The van der Waals surface area contributed by atoms with Crippen LogP contribution in [0.15, 0.2) is 34.8 Å². The van der Waals surface area contributed by atoms with Crippen molar-refractivity contribution in [2.75, 3.05) is 0 Å². The maximum absolute atomic E-state index is 13.2. The molecule has 1 aliphatic rings. The molecule has 0 saturated heterocycles. The van der Waals surface area contributed by atoms with Crippen LogP contribution in [0.3, 0.4) is 0 Å². The van der Waals surface area contributed by atoms with Gasteiger partial charge in [0.05, 0.1) is 35.8 Å². The van der Waals surface area contributed by atoms with Gasteiger partial charge in [-0.1, -0.05) is 51.5 Å². The Kier molecular flexibility index (Phi) is 10.6. The van der Waals surface area contributed by atoms with Crippen LogP contribution in [-0.2, 0) is 16.1 Å².